The van der Waals surface area contributed by atoms with E-state index in [1.54, 1.807) is 19.4 Å². The smallest absolute Gasteiger partial charge is 0.270 e. The number of benzene rings is 2. The van der Waals surface area contributed by atoms with Crippen LogP contribution in [0.4, 0.5) is 5.69 Å². The standard InChI is InChI=1S/C22H20N4O5S/c1-29-18-8-5-15(6-9-18)21-23-24-22(25(21)13-19-4-3-11-31-19)32-14-16-12-17(26(27)28)7-10-20(16)30-2/h3-12H,13-14H2,1-2H3. The molecule has 10 heteroatoms. The molecule has 0 N–H and O–H groups in total. The summed E-state index contributed by atoms with van der Waals surface area (Å²) in [5.74, 6) is 3.18. The van der Waals surface area contributed by atoms with E-state index in [1.807, 2.05) is 41.0 Å². The van der Waals surface area contributed by atoms with Crippen LogP contribution in [0.25, 0.3) is 11.4 Å². The number of rotatable bonds is 9. The van der Waals surface area contributed by atoms with Crippen molar-refractivity contribution < 1.29 is 18.8 Å². The third-order valence-electron chi connectivity index (χ3n) is 4.79. The van der Waals surface area contributed by atoms with E-state index in [9.17, 15) is 10.1 Å². The minimum absolute atomic E-state index is 0.0115. The van der Waals surface area contributed by atoms with Gasteiger partial charge in [-0.25, -0.2) is 0 Å². The van der Waals surface area contributed by atoms with Gasteiger partial charge in [-0.05, 0) is 42.5 Å². The van der Waals surface area contributed by atoms with Crippen molar-refractivity contribution in [3.63, 3.8) is 0 Å². The highest BCUT2D eigenvalue weighted by molar-refractivity contribution is 7.98. The molecule has 2 heterocycles. The maximum Gasteiger partial charge on any atom is 0.270 e. The second kappa shape index (κ2) is 9.56. The van der Waals surface area contributed by atoms with Crippen LogP contribution in [-0.2, 0) is 12.3 Å². The van der Waals surface area contributed by atoms with Gasteiger partial charge < -0.3 is 13.9 Å². The average molecular weight is 452 g/mol. The summed E-state index contributed by atoms with van der Waals surface area (Å²) in [6.07, 6.45) is 1.62. The number of furan rings is 1. The summed E-state index contributed by atoms with van der Waals surface area (Å²) >= 11 is 1.42. The van der Waals surface area contributed by atoms with Crippen LogP contribution < -0.4 is 9.47 Å². The van der Waals surface area contributed by atoms with E-state index >= 15 is 0 Å². The minimum Gasteiger partial charge on any atom is -0.497 e. The Balaban J connectivity index is 1.66. The number of nitro groups is 1. The van der Waals surface area contributed by atoms with Crippen molar-refractivity contribution in [2.45, 2.75) is 17.5 Å². The molecule has 2 aromatic heterocycles. The van der Waals surface area contributed by atoms with E-state index in [0.29, 0.717) is 34.6 Å². The predicted octanol–water partition coefficient (Wildman–Crippen LogP) is 4.80. The van der Waals surface area contributed by atoms with Gasteiger partial charge in [0.15, 0.2) is 11.0 Å². The monoisotopic (exact) mass is 452 g/mol. The number of nitrogens with zero attached hydrogens (tertiary/aromatic N) is 4. The Hall–Kier alpha value is -3.79. The van der Waals surface area contributed by atoms with E-state index in [-0.39, 0.29) is 5.69 Å². The van der Waals surface area contributed by atoms with Crippen molar-refractivity contribution in [1.29, 1.82) is 0 Å². The number of methoxy groups -OCH3 is 2. The predicted molar refractivity (Wildman–Crippen MR) is 119 cm³/mol. The highest BCUT2D eigenvalue weighted by atomic mass is 32.2. The van der Waals surface area contributed by atoms with Crippen molar-refractivity contribution in [1.82, 2.24) is 14.8 Å². The van der Waals surface area contributed by atoms with Gasteiger partial charge in [0, 0.05) is 29.0 Å². The average Bonchev–Trinajstić information content (AvgIpc) is 3.48. The third-order valence-corrected chi connectivity index (χ3v) is 5.81. The molecule has 0 aliphatic rings. The topological polar surface area (TPSA) is 105 Å². The molecule has 164 valence electrons. The van der Waals surface area contributed by atoms with Crippen molar-refractivity contribution in [2.75, 3.05) is 14.2 Å². The van der Waals surface area contributed by atoms with Crippen molar-refractivity contribution >= 4 is 17.4 Å². The molecule has 0 bridgehead atoms. The molecule has 0 aliphatic carbocycles. The van der Waals surface area contributed by atoms with Gasteiger partial charge in [-0.15, -0.1) is 10.2 Å². The van der Waals surface area contributed by atoms with E-state index in [4.69, 9.17) is 13.9 Å². The molecule has 0 saturated carbocycles. The molecule has 0 aliphatic heterocycles. The quantitative estimate of drug-likeness (QED) is 0.202. The second-order valence-electron chi connectivity index (χ2n) is 6.74. The largest absolute Gasteiger partial charge is 0.497 e. The Labute approximate surface area is 188 Å². The molecule has 2 aromatic carbocycles. The number of hydrogen-bond acceptors (Lipinski definition) is 8. The maximum atomic E-state index is 11.2. The number of non-ortho nitro benzene ring substituents is 1. The summed E-state index contributed by atoms with van der Waals surface area (Å²) in [5.41, 5.74) is 1.59. The fraction of sp³-hybridized carbons (Fsp3) is 0.182. The molecule has 4 rings (SSSR count). The highest BCUT2D eigenvalue weighted by Gasteiger charge is 2.18. The lowest BCUT2D eigenvalue weighted by molar-refractivity contribution is -0.384. The Morgan fingerprint density at radius 2 is 1.91 bits per heavy atom. The van der Waals surface area contributed by atoms with Gasteiger partial charge in [-0.1, -0.05) is 11.8 Å². The molecule has 0 spiro atoms. The van der Waals surface area contributed by atoms with Crippen LogP contribution in [0.2, 0.25) is 0 Å². The summed E-state index contributed by atoms with van der Waals surface area (Å²) < 4.78 is 18.1. The van der Waals surface area contributed by atoms with Crippen LogP contribution >= 0.6 is 11.8 Å². The van der Waals surface area contributed by atoms with Crippen LogP contribution in [0, 0.1) is 10.1 Å². The van der Waals surface area contributed by atoms with Gasteiger partial charge >= 0.3 is 0 Å². The molecule has 0 amide bonds. The normalized spacial score (nSPS) is 10.8. The lowest BCUT2D eigenvalue weighted by Crippen LogP contribution is -2.04. The van der Waals surface area contributed by atoms with Crippen LogP contribution in [0.5, 0.6) is 11.5 Å². The fourth-order valence-corrected chi connectivity index (χ4v) is 4.10. The summed E-state index contributed by atoms with van der Waals surface area (Å²) in [7, 11) is 3.15. The van der Waals surface area contributed by atoms with Crippen molar-refractivity contribution in [3.05, 3.63) is 82.3 Å². The van der Waals surface area contributed by atoms with Gasteiger partial charge in [0.05, 0.1) is 32.0 Å². The molecule has 0 atom stereocenters. The molecule has 0 radical (unpaired) electrons. The first kappa shape index (κ1) is 21.4. The van der Waals surface area contributed by atoms with Gasteiger partial charge in [-0.2, -0.15) is 0 Å². The van der Waals surface area contributed by atoms with Gasteiger partial charge in [0.1, 0.15) is 17.3 Å². The minimum atomic E-state index is -0.422. The van der Waals surface area contributed by atoms with Crippen molar-refractivity contribution in [3.8, 4) is 22.9 Å². The van der Waals surface area contributed by atoms with E-state index in [2.05, 4.69) is 10.2 Å². The van der Waals surface area contributed by atoms with Gasteiger partial charge in [0.25, 0.3) is 5.69 Å². The second-order valence-corrected chi connectivity index (χ2v) is 7.68. The van der Waals surface area contributed by atoms with Crippen molar-refractivity contribution in [2.24, 2.45) is 0 Å². The lowest BCUT2D eigenvalue weighted by Gasteiger charge is -2.11. The molecule has 0 fully saturated rings. The lowest BCUT2D eigenvalue weighted by atomic mass is 10.2. The number of hydrogen-bond donors (Lipinski definition) is 0. The van der Waals surface area contributed by atoms with Crippen LogP contribution in [0.1, 0.15) is 11.3 Å². The number of thioether (sulfide) groups is 1. The Kier molecular flexibility index (Phi) is 6.41. The Bertz CT molecular complexity index is 1210. The molecular formula is C22H20N4O5S. The molecule has 32 heavy (non-hydrogen) atoms. The number of ether oxygens (including phenoxy) is 2. The molecule has 4 aromatic rings. The zero-order chi connectivity index (χ0) is 22.5. The molecule has 9 nitrogen and oxygen atoms in total. The van der Waals surface area contributed by atoms with E-state index in [0.717, 1.165) is 17.1 Å². The first-order chi connectivity index (χ1) is 15.6. The SMILES string of the molecule is COc1ccc(-c2nnc(SCc3cc([N+](=O)[O-])ccc3OC)n2Cc2ccco2)cc1. The summed E-state index contributed by atoms with van der Waals surface area (Å²) in [5, 5.41) is 20.6. The first-order valence-electron chi connectivity index (χ1n) is 9.63. The van der Waals surface area contributed by atoms with Crippen LogP contribution in [-0.4, -0.2) is 33.9 Å². The Morgan fingerprint density at radius 3 is 2.56 bits per heavy atom. The van der Waals surface area contributed by atoms with Crippen LogP contribution in [0.15, 0.2) is 70.4 Å². The van der Waals surface area contributed by atoms with Gasteiger partial charge in [-0.3, -0.25) is 14.7 Å². The zero-order valence-corrected chi connectivity index (χ0v) is 18.2. The van der Waals surface area contributed by atoms with E-state index < -0.39 is 4.92 Å². The highest BCUT2D eigenvalue weighted by Crippen LogP contribution is 2.32. The zero-order valence-electron chi connectivity index (χ0n) is 17.4. The molecule has 0 unspecified atom stereocenters. The fourth-order valence-electron chi connectivity index (χ4n) is 3.18. The van der Waals surface area contributed by atoms with Gasteiger partial charge in [0.2, 0.25) is 0 Å². The summed E-state index contributed by atoms with van der Waals surface area (Å²) in [6.45, 7) is 0.440. The van der Waals surface area contributed by atoms with Crippen LogP contribution in [0.3, 0.4) is 0 Å². The summed E-state index contributed by atoms with van der Waals surface area (Å²) in [4.78, 5) is 10.8. The molecular weight excluding hydrogens is 432 g/mol. The number of nitro benzene ring substituents is 1. The third kappa shape index (κ3) is 4.59. The maximum absolute atomic E-state index is 11.2. The first-order valence-corrected chi connectivity index (χ1v) is 10.6. The Morgan fingerprint density at radius 1 is 1.09 bits per heavy atom. The number of aromatic nitrogens is 3. The molecule has 0 saturated heterocycles. The van der Waals surface area contributed by atoms with E-state index in [1.165, 1.54) is 31.0 Å². The summed E-state index contributed by atoms with van der Waals surface area (Å²) in [6, 6.07) is 15.8.